The predicted molar refractivity (Wildman–Crippen MR) is 67.0 cm³/mol. The Morgan fingerprint density at radius 1 is 1.06 bits per heavy atom. The largest absolute Gasteiger partial charge is 0.497 e. The predicted octanol–water partition coefficient (Wildman–Crippen LogP) is 4.30. The van der Waals surface area contributed by atoms with Gasteiger partial charge in [-0.3, -0.25) is 0 Å². The van der Waals surface area contributed by atoms with Crippen LogP contribution >= 0.6 is 11.6 Å². The van der Waals surface area contributed by atoms with Gasteiger partial charge >= 0.3 is 0 Å². The number of hydrogen-bond acceptors (Lipinski definition) is 1. The molecule has 0 aromatic heterocycles. The summed E-state index contributed by atoms with van der Waals surface area (Å²) in [6.07, 6.45) is 0. The first-order valence-electron chi connectivity index (χ1n) is 5.35. The van der Waals surface area contributed by atoms with E-state index in [0.717, 1.165) is 18.2 Å². The van der Waals surface area contributed by atoms with Crippen LogP contribution in [-0.4, -0.2) is 7.11 Å². The van der Waals surface area contributed by atoms with E-state index in [4.69, 9.17) is 16.3 Å². The van der Waals surface area contributed by atoms with Gasteiger partial charge in [-0.1, -0.05) is 12.1 Å². The molecule has 1 atom stereocenters. The zero-order valence-corrected chi connectivity index (χ0v) is 10.4. The average molecular weight is 269 g/mol. The SMILES string of the molecule is COc1ccc(C(Cl)c2cc(F)ccc2F)cc1. The van der Waals surface area contributed by atoms with Gasteiger partial charge in [0.2, 0.25) is 0 Å². The van der Waals surface area contributed by atoms with Crippen LogP contribution in [0.5, 0.6) is 5.75 Å². The molecule has 0 aliphatic carbocycles. The molecule has 18 heavy (non-hydrogen) atoms. The number of halogens is 3. The smallest absolute Gasteiger partial charge is 0.128 e. The van der Waals surface area contributed by atoms with Crippen molar-refractivity contribution in [1.82, 2.24) is 0 Å². The van der Waals surface area contributed by atoms with Crippen LogP contribution in [0.15, 0.2) is 42.5 Å². The fourth-order valence-corrected chi connectivity index (χ4v) is 1.97. The summed E-state index contributed by atoms with van der Waals surface area (Å²) < 4.78 is 31.7. The van der Waals surface area contributed by atoms with Crippen molar-refractivity contribution in [3.05, 3.63) is 65.2 Å². The van der Waals surface area contributed by atoms with E-state index >= 15 is 0 Å². The lowest BCUT2D eigenvalue weighted by Crippen LogP contribution is -1.98. The lowest BCUT2D eigenvalue weighted by atomic mass is 10.0. The third kappa shape index (κ3) is 2.62. The molecule has 4 heteroatoms. The van der Waals surface area contributed by atoms with Crippen molar-refractivity contribution >= 4 is 11.6 Å². The molecule has 0 aliphatic heterocycles. The highest BCUT2D eigenvalue weighted by molar-refractivity contribution is 6.22. The molecular weight excluding hydrogens is 258 g/mol. The minimum atomic E-state index is -0.730. The summed E-state index contributed by atoms with van der Waals surface area (Å²) in [6.45, 7) is 0. The molecule has 0 heterocycles. The van der Waals surface area contributed by atoms with Crippen LogP contribution in [0.4, 0.5) is 8.78 Å². The number of hydrogen-bond donors (Lipinski definition) is 0. The minimum absolute atomic E-state index is 0.127. The highest BCUT2D eigenvalue weighted by Gasteiger charge is 2.16. The van der Waals surface area contributed by atoms with Crippen molar-refractivity contribution in [3.8, 4) is 5.75 Å². The summed E-state index contributed by atoms with van der Waals surface area (Å²) in [4.78, 5) is 0. The van der Waals surface area contributed by atoms with Gasteiger partial charge in [-0.15, -0.1) is 11.6 Å². The Kier molecular flexibility index (Phi) is 3.82. The first-order valence-corrected chi connectivity index (χ1v) is 5.78. The topological polar surface area (TPSA) is 9.23 Å². The maximum absolute atomic E-state index is 13.6. The molecule has 0 saturated carbocycles. The molecule has 1 nitrogen and oxygen atoms in total. The summed E-state index contributed by atoms with van der Waals surface area (Å²) in [7, 11) is 1.55. The lowest BCUT2D eigenvalue weighted by Gasteiger charge is -2.12. The van der Waals surface area contributed by atoms with Gasteiger partial charge in [0.15, 0.2) is 0 Å². The van der Waals surface area contributed by atoms with Crippen LogP contribution in [0.1, 0.15) is 16.5 Å². The Bertz CT molecular complexity index is 540. The van der Waals surface area contributed by atoms with E-state index in [0.29, 0.717) is 11.3 Å². The maximum atomic E-state index is 13.6. The number of alkyl halides is 1. The molecule has 0 spiro atoms. The molecule has 0 fully saturated rings. The molecule has 2 aromatic rings. The number of methoxy groups -OCH3 is 1. The van der Waals surface area contributed by atoms with Gasteiger partial charge < -0.3 is 4.74 Å². The Morgan fingerprint density at radius 3 is 2.33 bits per heavy atom. The molecular formula is C14H11ClF2O. The van der Waals surface area contributed by atoms with Crippen LogP contribution in [0, 0.1) is 11.6 Å². The Morgan fingerprint density at radius 2 is 1.72 bits per heavy atom. The molecule has 94 valence electrons. The normalized spacial score (nSPS) is 12.2. The fourth-order valence-electron chi connectivity index (χ4n) is 1.66. The van der Waals surface area contributed by atoms with Crippen LogP contribution in [-0.2, 0) is 0 Å². The molecule has 0 radical (unpaired) electrons. The van der Waals surface area contributed by atoms with Gasteiger partial charge in [0.05, 0.1) is 12.5 Å². The number of ether oxygens (including phenoxy) is 1. The van der Waals surface area contributed by atoms with Crippen LogP contribution in [0.2, 0.25) is 0 Å². The number of rotatable bonds is 3. The van der Waals surface area contributed by atoms with E-state index in [1.54, 1.807) is 31.4 Å². The van der Waals surface area contributed by atoms with Crippen molar-refractivity contribution in [2.75, 3.05) is 7.11 Å². The molecule has 0 amide bonds. The quantitative estimate of drug-likeness (QED) is 0.754. The Balaban J connectivity index is 2.34. The van der Waals surface area contributed by atoms with Gasteiger partial charge in [0, 0.05) is 5.56 Å². The van der Waals surface area contributed by atoms with Gasteiger partial charge in [-0.25, -0.2) is 8.78 Å². The molecule has 0 bridgehead atoms. The van der Waals surface area contributed by atoms with Crippen molar-refractivity contribution < 1.29 is 13.5 Å². The summed E-state index contributed by atoms with van der Waals surface area (Å²) in [6, 6.07) is 10.1. The van der Waals surface area contributed by atoms with Crippen molar-refractivity contribution in [2.45, 2.75) is 5.38 Å². The Hall–Kier alpha value is -1.61. The highest BCUT2D eigenvalue weighted by atomic mass is 35.5. The van der Waals surface area contributed by atoms with Gasteiger partial charge in [-0.2, -0.15) is 0 Å². The summed E-state index contributed by atoms with van der Waals surface area (Å²) in [5, 5.41) is -0.730. The lowest BCUT2D eigenvalue weighted by molar-refractivity contribution is 0.414. The third-order valence-electron chi connectivity index (χ3n) is 2.64. The second-order valence-electron chi connectivity index (χ2n) is 3.80. The van der Waals surface area contributed by atoms with Crippen molar-refractivity contribution in [1.29, 1.82) is 0 Å². The monoisotopic (exact) mass is 268 g/mol. The summed E-state index contributed by atoms with van der Waals surface area (Å²) in [5.41, 5.74) is 0.809. The van der Waals surface area contributed by atoms with Crippen LogP contribution in [0.3, 0.4) is 0 Å². The molecule has 0 aliphatic rings. The minimum Gasteiger partial charge on any atom is -0.497 e. The zero-order valence-electron chi connectivity index (χ0n) is 9.66. The van der Waals surface area contributed by atoms with Crippen LogP contribution < -0.4 is 4.74 Å². The molecule has 2 aromatic carbocycles. The van der Waals surface area contributed by atoms with Crippen molar-refractivity contribution in [2.24, 2.45) is 0 Å². The maximum Gasteiger partial charge on any atom is 0.128 e. The van der Waals surface area contributed by atoms with Gasteiger partial charge in [-0.05, 0) is 35.9 Å². The number of benzene rings is 2. The standard InChI is InChI=1S/C14H11ClF2O/c1-18-11-5-2-9(3-6-11)14(15)12-8-10(16)4-7-13(12)17/h2-8,14H,1H3. The summed E-state index contributed by atoms with van der Waals surface area (Å²) in [5.74, 6) is -0.347. The van der Waals surface area contributed by atoms with E-state index in [9.17, 15) is 8.78 Å². The Labute approximate surface area is 109 Å². The molecule has 2 rings (SSSR count). The average Bonchev–Trinajstić information content (AvgIpc) is 2.41. The van der Waals surface area contributed by atoms with E-state index in [-0.39, 0.29) is 5.56 Å². The van der Waals surface area contributed by atoms with E-state index < -0.39 is 17.0 Å². The zero-order chi connectivity index (χ0) is 13.1. The first-order chi connectivity index (χ1) is 8.61. The van der Waals surface area contributed by atoms with E-state index in [1.807, 2.05) is 0 Å². The summed E-state index contributed by atoms with van der Waals surface area (Å²) >= 11 is 6.16. The van der Waals surface area contributed by atoms with Crippen molar-refractivity contribution in [3.63, 3.8) is 0 Å². The van der Waals surface area contributed by atoms with E-state index in [1.165, 1.54) is 0 Å². The van der Waals surface area contributed by atoms with E-state index in [2.05, 4.69) is 0 Å². The molecule has 0 saturated heterocycles. The second kappa shape index (κ2) is 5.36. The van der Waals surface area contributed by atoms with Gasteiger partial charge in [0.25, 0.3) is 0 Å². The second-order valence-corrected chi connectivity index (χ2v) is 4.24. The molecule has 0 N–H and O–H groups in total. The first kappa shape index (κ1) is 12.8. The molecule has 1 unspecified atom stereocenters. The van der Waals surface area contributed by atoms with Crippen LogP contribution in [0.25, 0.3) is 0 Å². The fraction of sp³-hybridized carbons (Fsp3) is 0.143. The highest BCUT2D eigenvalue weighted by Crippen LogP contribution is 2.31. The van der Waals surface area contributed by atoms with Gasteiger partial charge in [0.1, 0.15) is 17.4 Å². The third-order valence-corrected chi connectivity index (χ3v) is 3.13.